The third kappa shape index (κ3) is 8.55. The number of carbonyl (C=O) groups excluding carboxylic acids is 2. The summed E-state index contributed by atoms with van der Waals surface area (Å²) in [4.78, 5) is 27.6. The fraction of sp³-hybridized carbons (Fsp3) is 0.400. The average molecular weight is 983 g/mol. The normalized spacial score (nSPS) is 16.7. The van der Waals surface area contributed by atoms with Gasteiger partial charge in [-0.2, -0.15) is 0 Å². The molecule has 0 saturated carbocycles. The van der Waals surface area contributed by atoms with Gasteiger partial charge in [0.15, 0.2) is 0 Å². The predicted octanol–water partition coefficient (Wildman–Crippen LogP) is 13.6. The molecule has 8 heteroatoms. The van der Waals surface area contributed by atoms with Gasteiger partial charge in [0, 0.05) is 0 Å². The molecule has 0 fully saturated rings. The van der Waals surface area contributed by atoms with Gasteiger partial charge in [0.05, 0.1) is 0 Å². The number of amides is 2. The van der Waals surface area contributed by atoms with Gasteiger partial charge in [-0.3, -0.25) is 0 Å². The molecule has 4 nitrogen and oxygen atoms in total. The second kappa shape index (κ2) is 18.6. The van der Waals surface area contributed by atoms with E-state index in [1.165, 1.54) is 44.5 Å². The predicted molar refractivity (Wildman–Crippen MR) is 246 cm³/mol. The van der Waals surface area contributed by atoms with Gasteiger partial charge < -0.3 is 0 Å². The van der Waals surface area contributed by atoms with Gasteiger partial charge in [0.2, 0.25) is 0 Å². The first kappa shape index (κ1) is 44.4. The zero-order chi connectivity index (χ0) is 41.8. The van der Waals surface area contributed by atoms with Gasteiger partial charge in [-0.1, -0.05) is 0 Å². The molecular weight excluding hydrogens is 921 g/mol. The number of fused-ring (bicyclic) bond motifs is 2. The monoisotopic (exact) mass is 983 g/mol. The summed E-state index contributed by atoms with van der Waals surface area (Å²) < 4.78 is -1.72. The average Bonchev–Trinajstić information content (AvgIpc) is 3.76. The van der Waals surface area contributed by atoms with Crippen molar-refractivity contribution in [2.45, 2.75) is 114 Å². The summed E-state index contributed by atoms with van der Waals surface area (Å²) in [5, 5.41) is 6.66. The summed E-state index contributed by atoms with van der Waals surface area (Å²) in [6.07, 6.45) is 10.8. The Hall–Kier alpha value is -3.18. The summed E-state index contributed by atoms with van der Waals surface area (Å²) in [5.41, 5.74) is 14.3. The van der Waals surface area contributed by atoms with Crippen molar-refractivity contribution in [3.8, 4) is 22.3 Å². The number of benzene rings is 4. The summed E-state index contributed by atoms with van der Waals surface area (Å²) in [7, 11) is 18.0. The van der Waals surface area contributed by atoms with Crippen molar-refractivity contribution in [3.05, 3.63) is 129 Å². The molecule has 0 saturated heterocycles. The fourth-order valence-corrected chi connectivity index (χ4v) is 39.4. The first-order valence-corrected chi connectivity index (χ1v) is 36.9. The van der Waals surface area contributed by atoms with Gasteiger partial charge in [-0.25, -0.2) is 0 Å². The molecule has 0 aromatic heterocycles. The Balaban J connectivity index is 1.72. The van der Waals surface area contributed by atoms with Crippen molar-refractivity contribution in [1.82, 2.24) is 10.5 Å². The van der Waals surface area contributed by atoms with Gasteiger partial charge in [-0.15, -0.1) is 0 Å². The van der Waals surface area contributed by atoms with Crippen LogP contribution in [-0.2, 0) is 38.3 Å². The molecule has 0 radical (unpaired) electrons. The van der Waals surface area contributed by atoms with Crippen molar-refractivity contribution in [2.24, 2.45) is 11.8 Å². The Bertz CT molecular complexity index is 2080. The van der Waals surface area contributed by atoms with Crippen molar-refractivity contribution < 1.29 is 25.5 Å². The minimum absolute atomic E-state index is 0.185. The quantitative estimate of drug-likeness (QED) is 0.104. The molecule has 4 aromatic carbocycles. The zero-order valence-corrected chi connectivity index (χ0v) is 41.0. The van der Waals surface area contributed by atoms with E-state index in [9.17, 15) is 9.59 Å². The van der Waals surface area contributed by atoms with E-state index in [4.69, 9.17) is 17.2 Å². The molecule has 0 heterocycles. The van der Waals surface area contributed by atoms with Crippen LogP contribution in [0.4, 0.5) is 0 Å². The summed E-state index contributed by atoms with van der Waals surface area (Å²) in [6, 6.07) is 30.7. The van der Waals surface area contributed by atoms with E-state index in [1.807, 2.05) is 13.8 Å². The van der Waals surface area contributed by atoms with Crippen LogP contribution >= 0.6 is 17.2 Å². The van der Waals surface area contributed by atoms with Crippen molar-refractivity contribution in [1.29, 1.82) is 0 Å². The number of hydrogen-bond donors (Lipinski definition) is 2. The Labute approximate surface area is 356 Å². The number of hydrogen-bond acceptors (Lipinski definition) is 2. The molecule has 0 bridgehead atoms. The van der Waals surface area contributed by atoms with E-state index in [2.05, 4.69) is 149 Å². The first-order valence-electron chi connectivity index (χ1n) is 21.8. The molecule has 4 aromatic rings. The zero-order valence-electron chi connectivity index (χ0n) is 35.9. The van der Waals surface area contributed by atoms with Crippen LogP contribution in [0.25, 0.3) is 34.4 Å². The van der Waals surface area contributed by atoms with E-state index >= 15 is 0 Å². The number of allylic oxidation sites excluding steroid dienone is 2. The second-order valence-electron chi connectivity index (χ2n) is 17.4. The Morgan fingerprint density at radius 2 is 0.966 bits per heavy atom. The standard InChI is InChI=1S/2C22H25.C6H11BN2O2.2ClH.Hf/c2*1-4-8-18-9-5-6-11-20(18)21-12-7-10-19-14-17(13-16(2)3)15-22(19)21;1-3-5(10)8-7-9-6(11)4-2;;;/h2*5-7,9-12,14-16H,4,8,13H2,1-3H3;3-4H2,1-2H3,(H-,8,9,10,11);2*1H;/q;;;;;+1/p-1. The Morgan fingerprint density at radius 3 is 1.33 bits per heavy atom. The summed E-state index contributed by atoms with van der Waals surface area (Å²) >= 11 is -6.23. The van der Waals surface area contributed by atoms with E-state index in [0.717, 1.165) is 60.8 Å². The molecular formula is C50H62BCl2HfN2O2. The molecule has 58 heavy (non-hydrogen) atoms. The van der Waals surface area contributed by atoms with Gasteiger partial charge >= 0.3 is 359 Å². The van der Waals surface area contributed by atoms with Crippen LogP contribution < -0.4 is 10.5 Å². The van der Waals surface area contributed by atoms with Crippen LogP contribution in [0.3, 0.4) is 0 Å². The molecule has 2 atom stereocenters. The van der Waals surface area contributed by atoms with Crippen molar-refractivity contribution in [2.75, 3.05) is 0 Å². The molecule has 0 spiro atoms. The Kier molecular flexibility index (Phi) is 14.2. The number of halogens is 2. The molecule has 2 aliphatic rings. The van der Waals surface area contributed by atoms with Crippen LogP contribution in [0.2, 0.25) is 0 Å². The van der Waals surface area contributed by atoms with Gasteiger partial charge in [0.1, 0.15) is 0 Å². The van der Waals surface area contributed by atoms with Crippen LogP contribution in [0.1, 0.15) is 135 Å². The van der Waals surface area contributed by atoms with Crippen LogP contribution in [0.15, 0.2) is 96.1 Å². The SMILES string of the molecule is CCCc1ccccc1-c1cccc2c1C=C(CC(C)C)[CH]2[Hf]([Cl])([Cl])([B](NC(=O)CC)NC(=O)CC)[CH]1C(CC(C)C)=Cc2c(-c3ccccc3CCC)cccc21. The van der Waals surface area contributed by atoms with E-state index < -0.39 is 27.8 Å². The van der Waals surface area contributed by atoms with E-state index in [1.54, 1.807) is 0 Å². The number of rotatable bonds is 17. The number of aryl methyl sites for hydroxylation is 2. The van der Waals surface area contributed by atoms with Gasteiger partial charge in [0.25, 0.3) is 0 Å². The summed E-state index contributed by atoms with van der Waals surface area (Å²) in [5.74, 6) is 0.251. The third-order valence-corrected chi connectivity index (χ3v) is 40.7. The first-order chi connectivity index (χ1) is 27.8. The van der Waals surface area contributed by atoms with Crippen LogP contribution in [0.5, 0.6) is 0 Å². The second-order valence-corrected chi connectivity index (χ2v) is 47.9. The third-order valence-electron chi connectivity index (χ3n) is 12.2. The fourth-order valence-electron chi connectivity index (χ4n) is 9.88. The van der Waals surface area contributed by atoms with Crippen molar-refractivity contribution >= 4 is 45.7 Å². The molecule has 2 N–H and O–H groups in total. The number of nitrogens with one attached hydrogen (secondary N) is 2. The van der Waals surface area contributed by atoms with E-state index in [-0.39, 0.29) is 24.7 Å². The summed E-state index contributed by atoms with van der Waals surface area (Å²) in [6.45, 7) is 17.1. The maximum absolute atomic E-state index is 13.8. The maximum atomic E-state index is 13.8. The van der Waals surface area contributed by atoms with Crippen molar-refractivity contribution in [3.63, 3.8) is 0 Å². The number of carbonyl (C=O) groups is 2. The van der Waals surface area contributed by atoms with Crippen LogP contribution in [0, 0.1) is 11.8 Å². The minimum atomic E-state index is -6.23. The molecule has 2 aliphatic carbocycles. The Morgan fingerprint density at radius 1 is 0.586 bits per heavy atom. The molecule has 2 unspecified atom stereocenters. The molecule has 305 valence electrons. The van der Waals surface area contributed by atoms with E-state index in [0.29, 0.717) is 11.8 Å². The molecule has 0 aliphatic heterocycles. The van der Waals surface area contributed by atoms with Gasteiger partial charge in [-0.05, 0) is 0 Å². The van der Waals surface area contributed by atoms with Crippen LogP contribution in [-0.4, -0.2) is 16.4 Å². The molecule has 2 amide bonds. The molecule has 6 rings (SSSR count). The topological polar surface area (TPSA) is 58.2 Å².